The Hall–Kier alpha value is -0.940. The first-order chi connectivity index (χ1) is 8.98. The number of nitrogens with zero attached hydrogens (tertiary/aromatic N) is 1. The molecule has 2 atom stereocenters. The SMILES string of the molecule is CCC1(C(=O)NC(C)c2sc(C)nc2C)CCCN1. The van der Waals surface area contributed by atoms with E-state index in [1.54, 1.807) is 11.3 Å². The fraction of sp³-hybridized carbons (Fsp3) is 0.714. The van der Waals surface area contributed by atoms with Crippen molar-refractivity contribution in [2.75, 3.05) is 6.54 Å². The van der Waals surface area contributed by atoms with E-state index in [9.17, 15) is 4.79 Å². The normalized spacial score (nSPS) is 24.4. The monoisotopic (exact) mass is 281 g/mol. The Morgan fingerprint density at radius 3 is 2.79 bits per heavy atom. The Morgan fingerprint density at radius 1 is 1.58 bits per heavy atom. The zero-order chi connectivity index (χ0) is 14.0. The van der Waals surface area contributed by atoms with Crippen LogP contribution in [-0.2, 0) is 4.79 Å². The third-order valence-electron chi connectivity index (χ3n) is 3.96. The molecule has 0 bridgehead atoms. The van der Waals surface area contributed by atoms with E-state index in [-0.39, 0.29) is 17.5 Å². The molecule has 1 saturated heterocycles. The highest BCUT2D eigenvalue weighted by Gasteiger charge is 2.39. The highest BCUT2D eigenvalue weighted by Crippen LogP contribution is 2.27. The van der Waals surface area contributed by atoms with E-state index in [1.165, 1.54) is 0 Å². The zero-order valence-electron chi connectivity index (χ0n) is 12.2. The van der Waals surface area contributed by atoms with Crippen LogP contribution in [0.3, 0.4) is 0 Å². The predicted octanol–water partition coefficient (Wildman–Crippen LogP) is 2.47. The molecule has 0 aromatic carbocycles. The molecule has 4 nitrogen and oxygen atoms in total. The molecule has 2 heterocycles. The third-order valence-corrected chi connectivity index (χ3v) is 5.22. The number of nitrogens with one attached hydrogen (secondary N) is 2. The summed E-state index contributed by atoms with van der Waals surface area (Å²) in [6, 6.07) is 0.0320. The van der Waals surface area contributed by atoms with Crippen LogP contribution in [0.2, 0.25) is 0 Å². The summed E-state index contributed by atoms with van der Waals surface area (Å²) in [4.78, 5) is 18.1. The number of hydrogen-bond donors (Lipinski definition) is 2. The van der Waals surface area contributed by atoms with Crippen LogP contribution < -0.4 is 10.6 Å². The Bertz CT molecular complexity index is 463. The lowest BCUT2D eigenvalue weighted by atomic mass is 9.93. The fourth-order valence-corrected chi connectivity index (χ4v) is 3.74. The minimum Gasteiger partial charge on any atom is -0.347 e. The van der Waals surface area contributed by atoms with E-state index in [1.807, 2.05) is 20.8 Å². The first-order valence-corrected chi connectivity index (χ1v) is 7.80. The molecule has 106 valence electrons. The summed E-state index contributed by atoms with van der Waals surface area (Å²) in [7, 11) is 0. The lowest BCUT2D eigenvalue weighted by molar-refractivity contribution is -0.127. The Kier molecular flexibility index (Phi) is 4.26. The molecular formula is C14H23N3OS. The number of carbonyl (C=O) groups excluding carboxylic acids is 1. The maximum absolute atomic E-state index is 12.5. The van der Waals surface area contributed by atoms with Gasteiger partial charge in [0.05, 0.1) is 22.3 Å². The number of amides is 1. The lowest BCUT2D eigenvalue weighted by Gasteiger charge is -2.28. The van der Waals surface area contributed by atoms with E-state index < -0.39 is 0 Å². The van der Waals surface area contributed by atoms with Gasteiger partial charge in [-0.1, -0.05) is 6.92 Å². The van der Waals surface area contributed by atoms with Crippen LogP contribution >= 0.6 is 11.3 Å². The first kappa shape index (κ1) is 14.5. The van der Waals surface area contributed by atoms with Gasteiger partial charge in [-0.2, -0.15) is 0 Å². The van der Waals surface area contributed by atoms with Crippen LogP contribution in [0, 0.1) is 13.8 Å². The number of hydrogen-bond acceptors (Lipinski definition) is 4. The van der Waals surface area contributed by atoms with Crippen molar-refractivity contribution < 1.29 is 4.79 Å². The van der Waals surface area contributed by atoms with Gasteiger partial charge in [0.15, 0.2) is 0 Å². The number of rotatable bonds is 4. The second-order valence-corrected chi connectivity index (χ2v) is 6.58. The van der Waals surface area contributed by atoms with Gasteiger partial charge in [-0.15, -0.1) is 11.3 Å². The van der Waals surface area contributed by atoms with E-state index in [0.717, 1.165) is 41.4 Å². The Labute approximate surface area is 119 Å². The van der Waals surface area contributed by atoms with Crippen LogP contribution in [-0.4, -0.2) is 23.0 Å². The maximum atomic E-state index is 12.5. The molecule has 19 heavy (non-hydrogen) atoms. The topological polar surface area (TPSA) is 54.0 Å². The number of aryl methyl sites for hydroxylation is 2. The average molecular weight is 281 g/mol. The smallest absolute Gasteiger partial charge is 0.240 e. The minimum atomic E-state index is -0.359. The molecular weight excluding hydrogens is 258 g/mol. The quantitative estimate of drug-likeness (QED) is 0.891. The Balaban J connectivity index is 2.08. The third kappa shape index (κ3) is 2.82. The van der Waals surface area contributed by atoms with Gasteiger partial charge < -0.3 is 10.6 Å². The van der Waals surface area contributed by atoms with Crippen molar-refractivity contribution in [2.45, 2.75) is 58.5 Å². The summed E-state index contributed by atoms with van der Waals surface area (Å²) in [5.41, 5.74) is 0.669. The van der Waals surface area contributed by atoms with Crippen LogP contribution in [0.4, 0.5) is 0 Å². The van der Waals surface area contributed by atoms with Crippen LogP contribution in [0.5, 0.6) is 0 Å². The van der Waals surface area contributed by atoms with Crippen molar-refractivity contribution >= 4 is 17.2 Å². The highest BCUT2D eigenvalue weighted by atomic mass is 32.1. The maximum Gasteiger partial charge on any atom is 0.240 e. The zero-order valence-corrected chi connectivity index (χ0v) is 13.0. The van der Waals surface area contributed by atoms with Gasteiger partial charge in [0.1, 0.15) is 0 Å². The predicted molar refractivity (Wildman–Crippen MR) is 78.4 cm³/mol. The van der Waals surface area contributed by atoms with Crippen molar-refractivity contribution in [1.29, 1.82) is 0 Å². The number of aromatic nitrogens is 1. The molecule has 0 saturated carbocycles. The molecule has 5 heteroatoms. The molecule has 1 aromatic heterocycles. The van der Waals surface area contributed by atoms with Crippen molar-refractivity contribution in [1.82, 2.24) is 15.6 Å². The molecule has 2 rings (SSSR count). The van der Waals surface area contributed by atoms with E-state index in [0.29, 0.717) is 0 Å². The molecule has 1 fully saturated rings. The molecule has 2 unspecified atom stereocenters. The van der Waals surface area contributed by atoms with Crippen LogP contribution in [0.15, 0.2) is 0 Å². The molecule has 0 aliphatic carbocycles. The molecule has 1 aliphatic rings. The molecule has 1 amide bonds. The number of carbonyl (C=O) groups is 1. The standard InChI is InChI=1S/C14H23N3OS/c1-5-14(7-6-8-15-14)13(18)17-10(3)12-9(2)16-11(4)19-12/h10,15H,5-8H2,1-4H3,(H,17,18). The van der Waals surface area contributed by atoms with E-state index in [4.69, 9.17) is 0 Å². The van der Waals surface area contributed by atoms with E-state index >= 15 is 0 Å². The van der Waals surface area contributed by atoms with Gasteiger partial charge in [-0.05, 0) is 46.6 Å². The van der Waals surface area contributed by atoms with Gasteiger partial charge in [-0.3, -0.25) is 4.79 Å². The summed E-state index contributed by atoms with van der Waals surface area (Å²) in [6.07, 6.45) is 2.85. The Morgan fingerprint density at radius 2 is 2.32 bits per heavy atom. The van der Waals surface area contributed by atoms with Gasteiger partial charge in [0.25, 0.3) is 0 Å². The average Bonchev–Trinajstić information content (AvgIpc) is 2.96. The summed E-state index contributed by atoms with van der Waals surface area (Å²) in [5.74, 6) is 0.130. The molecule has 1 aliphatic heterocycles. The van der Waals surface area contributed by atoms with Crippen LogP contribution in [0.25, 0.3) is 0 Å². The van der Waals surface area contributed by atoms with Gasteiger partial charge >= 0.3 is 0 Å². The van der Waals surface area contributed by atoms with Gasteiger partial charge in [0.2, 0.25) is 5.91 Å². The molecule has 2 N–H and O–H groups in total. The second kappa shape index (κ2) is 5.59. The number of thiazole rings is 1. The summed E-state index contributed by atoms with van der Waals surface area (Å²) in [6.45, 7) is 9.06. The second-order valence-electron chi connectivity index (χ2n) is 5.34. The van der Waals surface area contributed by atoms with Crippen LogP contribution in [0.1, 0.15) is 54.7 Å². The van der Waals surface area contributed by atoms with Gasteiger partial charge in [-0.25, -0.2) is 4.98 Å². The lowest BCUT2D eigenvalue weighted by Crippen LogP contribution is -2.53. The van der Waals surface area contributed by atoms with Crippen molar-refractivity contribution in [3.8, 4) is 0 Å². The molecule has 0 radical (unpaired) electrons. The largest absolute Gasteiger partial charge is 0.347 e. The fourth-order valence-electron chi connectivity index (χ4n) is 2.81. The molecule has 1 aromatic rings. The van der Waals surface area contributed by atoms with E-state index in [2.05, 4.69) is 22.5 Å². The van der Waals surface area contributed by atoms with Crippen molar-refractivity contribution in [3.05, 3.63) is 15.6 Å². The minimum absolute atomic E-state index is 0.0320. The highest BCUT2D eigenvalue weighted by molar-refractivity contribution is 7.11. The summed E-state index contributed by atoms with van der Waals surface area (Å²) < 4.78 is 0. The molecule has 0 spiro atoms. The summed E-state index contributed by atoms with van der Waals surface area (Å²) in [5, 5.41) is 7.58. The van der Waals surface area contributed by atoms with Gasteiger partial charge in [0, 0.05) is 4.88 Å². The summed E-state index contributed by atoms with van der Waals surface area (Å²) >= 11 is 1.67. The first-order valence-electron chi connectivity index (χ1n) is 6.98. The van der Waals surface area contributed by atoms with Crippen molar-refractivity contribution in [3.63, 3.8) is 0 Å². The van der Waals surface area contributed by atoms with Crippen molar-refractivity contribution in [2.24, 2.45) is 0 Å².